The SMILES string of the molecule is COc1ccccc1CCC(=O)Nc1cnn(CC(=O)N2CCC(Oc3cccc(Cl)c3)CC2)c1. The number of halogens is 1. The Balaban J connectivity index is 1.20. The zero-order valence-electron chi connectivity index (χ0n) is 19.7. The highest BCUT2D eigenvalue weighted by molar-refractivity contribution is 6.30. The van der Waals surface area contributed by atoms with E-state index in [9.17, 15) is 9.59 Å². The van der Waals surface area contributed by atoms with E-state index >= 15 is 0 Å². The first-order valence-electron chi connectivity index (χ1n) is 11.6. The second kappa shape index (κ2) is 11.8. The van der Waals surface area contributed by atoms with Crippen LogP contribution in [0.15, 0.2) is 60.9 Å². The summed E-state index contributed by atoms with van der Waals surface area (Å²) in [5, 5.41) is 7.71. The molecule has 35 heavy (non-hydrogen) atoms. The van der Waals surface area contributed by atoms with Gasteiger partial charge in [-0.05, 0) is 36.2 Å². The third-order valence-corrected chi connectivity index (χ3v) is 6.16. The van der Waals surface area contributed by atoms with Gasteiger partial charge in [-0.3, -0.25) is 14.3 Å². The fraction of sp³-hybridized carbons (Fsp3) is 0.346. The average molecular weight is 497 g/mol. The number of hydrogen-bond donors (Lipinski definition) is 1. The summed E-state index contributed by atoms with van der Waals surface area (Å²) in [6.45, 7) is 1.37. The van der Waals surface area contributed by atoms with Crippen molar-refractivity contribution >= 4 is 29.1 Å². The lowest BCUT2D eigenvalue weighted by atomic mass is 10.1. The van der Waals surface area contributed by atoms with Crippen molar-refractivity contribution in [3.05, 3.63) is 71.5 Å². The summed E-state index contributed by atoms with van der Waals surface area (Å²) in [7, 11) is 1.62. The number of likely N-dealkylation sites (tertiary alicyclic amines) is 1. The van der Waals surface area contributed by atoms with Crippen LogP contribution in [0.25, 0.3) is 0 Å². The van der Waals surface area contributed by atoms with Crippen molar-refractivity contribution in [1.82, 2.24) is 14.7 Å². The van der Waals surface area contributed by atoms with E-state index < -0.39 is 0 Å². The Morgan fingerprint density at radius 2 is 1.94 bits per heavy atom. The predicted molar refractivity (Wildman–Crippen MR) is 134 cm³/mol. The van der Waals surface area contributed by atoms with Crippen LogP contribution in [0.3, 0.4) is 0 Å². The fourth-order valence-electron chi connectivity index (χ4n) is 4.09. The summed E-state index contributed by atoms with van der Waals surface area (Å²) < 4.78 is 12.9. The molecule has 184 valence electrons. The molecule has 2 aromatic carbocycles. The molecule has 0 bridgehead atoms. The van der Waals surface area contributed by atoms with Crippen molar-refractivity contribution in [3.63, 3.8) is 0 Å². The highest BCUT2D eigenvalue weighted by Crippen LogP contribution is 2.22. The topological polar surface area (TPSA) is 85.7 Å². The number of aromatic nitrogens is 2. The first kappa shape index (κ1) is 24.6. The van der Waals surface area contributed by atoms with Crippen molar-refractivity contribution in [2.45, 2.75) is 38.3 Å². The Morgan fingerprint density at radius 1 is 1.14 bits per heavy atom. The molecule has 1 fully saturated rings. The summed E-state index contributed by atoms with van der Waals surface area (Å²) in [6, 6.07) is 15.0. The third kappa shape index (κ3) is 6.99. The number of aryl methyl sites for hydroxylation is 1. The molecule has 1 saturated heterocycles. The minimum absolute atomic E-state index is 0.0108. The van der Waals surface area contributed by atoms with Crippen LogP contribution in [0.1, 0.15) is 24.8 Å². The van der Waals surface area contributed by atoms with Gasteiger partial charge >= 0.3 is 0 Å². The number of ether oxygens (including phenoxy) is 2. The van der Waals surface area contributed by atoms with Crippen LogP contribution in [-0.4, -0.2) is 52.8 Å². The molecule has 0 aliphatic carbocycles. The molecule has 2 heterocycles. The molecule has 2 amide bonds. The van der Waals surface area contributed by atoms with E-state index in [0.29, 0.717) is 36.6 Å². The molecule has 3 aromatic rings. The number of para-hydroxylation sites is 1. The number of nitrogens with zero attached hydrogens (tertiary/aromatic N) is 3. The molecular formula is C26H29ClN4O4. The van der Waals surface area contributed by atoms with Crippen LogP contribution in [-0.2, 0) is 22.6 Å². The van der Waals surface area contributed by atoms with Crippen LogP contribution in [0.4, 0.5) is 5.69 Å². The third-order valence-electron chi connectivity index (χ3n) is 5.92. The number of anilines is 1. The highest BCUT2D eigenvalue weighted by Gasteiger charge is 2.24. The summed E-state index contributed by atoms with van der Waals surface area (Å²) >= 11 is 6.02. The number of methoxy groups -OCH3 is 1. The second-order valence-electron chi connectivity index (χ2n) is 8.44. The minimum Gasteiger partial charge on any atom is -0.496 e. The summed E-state index contributed by atoms with van der Waals surface area (Å²) in [5.41, 5.74) is 1.55. The van der Waals surface area contributed by atoms with Crippen LogP contribution < -0.4 is 14.8 Å². The average Bonchev–Trinajstić information content (AvgIpc) is 3.29. The van der Waals surface area contributed by atoms with Crippen molar-refractivity contribution in [2.75, 3.05) is 25.5 Å². The number of piperidine rings is 1. The molecule has 1 aromatic heterocycles. The first-order valence-corrected chi connectivity index (χ1v) is 12.0. The Morgan fingerprint density at radius 3 is 2.71 bits per heavy atom. The van der Waals surface area contributed by atoms with Gasteiger partial charge < -0.3 is 19.7 Å². The van der Waals surface area contributed by atoms with Gasteiger partial charge in [-0.2, -0.15) is 5.10 Å². The van der Waals surface area contributed by atoms with Crippen molar-refractivity contribution < 1.29 is 19.1 Å². The number of amides is 2. The zero-order chi connectivity index (χ0) is 24.6. The maximum Gasteiger partial charge on any atom is 0.244 e. The van der Waals surface area contributed by atoms with E-state index in [1.165, 1.54) is 0 Å². The number of carbonyl (C=O) groups excluding carboxylic acids is 2. The fourth-order valence-corrected chi connectivity index (χ4v) is 4.27. The molecule has 9 heteroatoms. The Bertz CT molecular complexity index is 1160. The number of nitrogens with one attached hydrogen (secondary N) is 1. The van der Waals surface area contributed by atoms with Gasteiger partial charge in [0, 0.05) is 43.6 Å². The minimum atomic E-state index is -0.122. The first-order chi connectivity index (χ1) is 17.0. The van der Waals surface area contributed by atoms with Gasteiger partial charge in [-0.25, -0.2) is 0 Å². The predicted octanol–water partition coefficient (Wildman–Crippen LogP) is 4.19. The van der Waals surface area contributed by atoms with Crippen LogP contribution >= 0.6 is 11.6 Å². The van der Waals surface area contributed by atoms with Gasteiger partial charge in [-0.15, -0.1) is 0 Å². The van der Waals surface area contributed by atoms with E-state index in [0.717, 1.165) is 29.9 Å². The molecule has 0 atom stereocenters. The van der Waals surface area contributed by atoms with Crippen molar-refractivity contribution in [1.29, 1.82) is 0 Å². The normalized spacial score (nSPS) is 13.9. The number of rotatable bonds is 9. The molecule has 1 N–H and O–H groups in total. The van der Waals surface area contributed by atoms with E-state index in [1.54, 1.807) is 30.3 Å². The Labute approximate surface area is 209 Å². The van der Waals surface area contributed by atoms with E-state index in [-0.39, 0.29) is 24.5 Å². The van der Waals surface area contributed by atoms with E-state index in [2.05, 4.69) is 10.4 Å². The molecule has 0 radical (unpaired) electrons. The lowest BCUT2D eigenvalue weighted by molar-refractivity contribution is -0.133. The second-order valence-corrected chi connectivity index (χ2v) is 8.88. The number of hydrogen-bond acceptors (Lipinski definition) is 5. The Hall–Kier alpha value is -3.52. The van der Waals surface area contributed by atoms with Gasteiger partial charge in [0.05, 0.1) is 19.0 Å². The van der Waals surface area contributed by atoms with E-state index in [1.807, 2.05) is 47.4 Å². The van der Waals surface area contributed by atoms with Crippen LogP contribution in [0.5, 0.6) is 11.5 Å². The van der Waals surface area contributed by atoms with Crippen molar-refractivity contribution in [3.8, 4) is 11.5 Å². The number of benzene rings is 2. The van der Waals surface area contributed by atoms with Gasteiger partial charge in [0.1, 0.15) is 24.1 Å². The molecule has 0 saturated carbocycles. The molecule has 1 aliphatic rings. The van der Waals surface area contributed by atoms with E-state index in [4.69, 9.17) is 21.1 Å². The molecule has 0 unspecified atom stereocenters. The molecule has 1 aliphatic heterocycles. The maximum absolute atomic E-state index is 12.7. The lowest BCUT2D eigenvalue weighted by Gasteiger charge is -2.32. The van der Waals surface area contributed by atoms with Gasteiger partial charge in [0.25, 0.3) is 0 Å². The van der Waals surface area contributed by atoms with Crippen LogP contribution in [0.2, 0.25) is 5.02 Å². The van der Waals surface area contributed by atoms with Gasteiger partial charge in [-0.1, -0.05) is 35.9 Å². The molecule has 8 nitrogen and oxygen atoms in total. The Kier molecular flexibility index (Phi) is 8.26. The van der Waals surface area contributed by atoms with Crippen molar-refractivity contribution in [2.24, 2.45) is 0 Å². The summed E-state index contributed by atoms with van der Waals surface area (Å²) in [5.74, 6) is 1.38. The standard InChI is InChI=1S/C26H29ClN4O4/c1-34-24-8-3-2-5-19(24)9-10-25(32)29-21-16-28-31(17-21)18-26(33)30-13-11-22(12-14-30)35-23-7-4-6-20(27)15-23/h2-8,15-17,22H,9-14,18H2,1H3,(H,29,32). The highest BCUT2D eigenvalue weighted by atomic mass is 35.5. The molecule has 0 spiro atoms. The summed E-state index contributed by atoms with van der Waals surface area (Å²) in [6.07, 6.45) is 5.68. The van der Waals surface area contributed by atoms with Gasteiger partial charge in [0.15, 0.2) is 0 Å². The monoisotopic (exact) mass is 496 g/mol. The smallest absolute Gasteiger partial charge is 0.244 e. The number of carbonyl (C=O) groups is 2. The van der Waals surface area contributed by atoms with Crippen LogP contribution in [0, 0.1) is 0 Å². The van der Waals surface area contributed by atoms with Gasteiger partial charge in [0.2, 0.25) is 11.8 Å². The molecule has 4 rings (SSSR count). The quantitative estimate of drug-likeness (QED) is 0.480. The zero-order valence-corrected chi connectivity index (χ0v) is 20.4. The lowest BCUT2D eigenvalue weighted by Crippen LogP contribution is -2.43. The molecular weight excluding hydrogens is 468 g/mol. The summed E-state index contributed by atoms with van der Waals surface area (Å²) in [4.78, 5) is 26.9. The maximum atomic E-state index is 12.7. The largest absolute Gasteiger partial charge is 0.496 e.